The van der Waals surface area contributed by atoms with Crippen LogP contribution in [0.2, 0.25) is 0 Å². The van der Waals surface area contributed by atoms with Crippen LogP contribution < -0.4 is 0 Å². The summed E-state index contributed by atoms with van der Waals surface area (Å²) in [4.78, 5) is 4.93. The van der Waals surface area contributed by atoms with E-state index in [4.69, 9.17) is 4.84 Å². The van der Waals surface area contributed by atoms with Gasteiger partial charge in [0.15, 0.2) is 0 Å². The van der Waals surface area contributed by atoms with Gasteiger partial charge in [-0.05, 0) is 29.4 Å². The van der Waals surface area contributed by atoms with Crippen molar-refractivity contribution < 1.29 is 4.84 Å². The topological polar surface area (TPSA) is 21.6 Å². The summed E-state index contributed by atoms with van der Waals surface area (Å²) in [7, 11) is 1.59. The van der Waals surface area contributed by atoms with E-state index in [1.54, 1.807) is 7.11 Å². The average molecular weight is 312 g/mol. The first-order chi connectivity index (χ1) is 8.49. The van der Waals surface area contributed by atoms with Gasteiger partial charge in [-0.3, -0.25) is 0 Å². The van der Waals surface area contributed by atoms with Crippen LogP contribution in [-0.2, 0) is 10.3 Å². The number of nitrogens with zero attached hydrogens (tertiary/aromatic N) is 1. The summed E-state index contributed by atoms with van der Waals surface area (Å²) in [6.07, 6.45) is 1.98. The highest BCUT2D eigenvalue weighted by molar-refractivity contribution is 9.09. The van der Waals surface area contributed by atoms with Crippen LogP contribution in [0.1, 0.15) is 44.7 Å². The highest BCUT2D eigenvalue weighted by Crippen LogP contribution is 2.22. The Bertz CT molecular complexity index is 390. The molecule has 0 atom stereocenters. The molecule has 3 heteroatoms. The third-order valence-electron chi connectivity index (χ3n) is 2.83. The standard InChI is InChI=1S/C15H22BrNO/c1-15(2,3)13-9-7-12(8-10-13)14(17-18-4)6-5-11-16/h7-10H,5-6,11H2,1-4H3. The van der Waals surface area contributed by atoms with E-state index in [0.29, 0.717) is 0 Å². The molecule has 0 aliphatic heterocycles. The zero-order valence-corrected chi connectivity index (χ0v) is 13.3. The SMILES string of the molecule is CON=C(CCCBr)c1ccc(C(C)(C)C)cc1. The van der Waals surface area contributed by atoms with Crippen LogP contribution in [0.3, 0.4) is 0 Å². The molecule has 1 aromatic rings. The van der Waals surface area contributed by atoms with Gasteiger partial charge in [-0.2, -0.15) is 0 Å². The van der Waals surface area contributed by atoms with E-state index in [1.165, 1.54) is 5.56 Å². The number of oxime groups is 1. The van der Waals surface area contributed by atoms with Crippen LogP contribution >= 0.6 is 15.9 Å². The van der Waals surface area contributed by atoms with E-state index in [0.717, 1.165) is 29.4 Å². The van der Waals surface area contributed by atoms with E-state index in [-0.39, 0.29) is 5.41 Å². The van der Waals surface area contributed by atoms with Crippen molar-refractivity contribution in [3.8, 4) is 0 Å². The minimum Gasteiger partial charge on any atom is -0.399 e. The lowest BCUT2D eigenvalue weighted by Gasteiger charge is -2.19. The maximum Gasteiger partial charge on any atom is 0.106 e. The molecule has 0 N–H and O–H groups in total. The Morgan fingerprint density at radius 1 is 1.22 bits per heavy atom. The average Bonchev–Trinajstić information content (AvgIpc) is 2.33. The molecule has 0 bridgehead atoms. The van der Waals surface area contributed by atoms with Crippen LogP contribution in [0.5, 0.6) is 0 Å². The van der Waals surface area contributed by atoms with E-state index < -0.39 is 0 Å². The van der Waals surface area contributed by atoms with Crippen LogP contribution in [0.25, 0.3) is 0 Å². The van der Waals surface area contributed by atoms with Gasteiger partial charge in [0.2, 0.25) is 0 Å². The normalized spacial score (nSPS) is 12.6. The van der Waals surface area contributed by atoms with Crippen molar-refractivity contribution in [1.29, 1.82) is 0 Å². The Hall–Kier alpha value is -0.830. The molecule has 100 valence electrons. The fraction of sp³-hybridized carbons (Fsp3) is 0.533. The first kappa shape index (κ1) is 15.2. The Balaban J connectivity index is 2.91. The molecule has 0 aliphatic carbocycles. The molecule has 2 nitrogen and oxygen atoms in total. The molecule has 0 heterocycles. The number of alkyl halides is 1. The van der Waals surface area contributed by atoms with Gasteiger partial charge >= 0.3 is 0 Å². The summed E-state index contributed by atoms with van der Waals surface area (Å²) < 4.78 is 0. The second-order valence-corrected chi connectivity index (χ2v) is 6.13. The summed E-state index contributed by atoms with van der Waals surface area (Å²) in [6.45, 7) is 6.66. The van der Waals surface area contributed by atoms with E-state index in [9.17, 15) is 0 Å². The quantitative estimate of drug-likeness (QED) is 0.445. The van der Waals surface area contributed by atoms with Gasteiger partial charge in [0.25, 0.3) is 0 Å². The molecule has 0 amide bonds. The third-order valence-corrected chi connectivity index (χ3v) is 3.39. The maximum absolute atomic E-state index is 4.93. The van der Waals surface area contributed by atoms with Gasteiger partial charge in [-0.15, -0.1) is 0 Å². The van der Waals surface area contributed by atoms with Crippen LogP contribution in [-0.4, -0.2) is 18.2 Å². The summed E-state index contributed by atoms with van der Waals surface area (Å²) in [5.41, 5.74) is 3.68. The van der Waals surface area contributed by atoms with Gasteiger partial charge < -0.3 is 4.84 Å². The first-order valence-corrected chi connectivity index (χ1v) is 7.38. The highest BCUT2D eigenvalue weighted by Gasteiger charge is 2.13. The minimum absolute atomic E-state index is 0.187. The van der Waals surface area contributed by atoms with Crippen molar-refractivity contribution in [1.82, 2.24) is 0 Å². The Morgan fingerprint density at radius 3 is 2.28 bits per heavy atom. The Labute approximate surface area is 119 Å². The molecule has 18 heavy (non-hydrogen) atoms. The molecule has 0 aliphatic rings. The molecule has 0 fully saturated rings. The fourth-order valence-electron chi connectivity index (χ4n) is 1.75. The Kier molecular flexibility index (Phi) is 5.86. The predicted molar refractivity (Wildman–Crippen MR) is 81.7 cm³/mol. The van der Waals surface area contributed by atoms with Crippen molar-refractivity contribution >= 4 is 21.6 Å². The predicted octanol–water partition coefficient (Wildman–Crippen LogP) is 4.51. The molecule has 0 spiro atoms. The second-order valence-electron chi connectivity index (χ2n) is 5.34. The number of hydrogen-bond donors (Lipinski definition) is 0. The lowest BCUT2D eigenvalue weighted by atomic mass is 9.86. The molecule has 0 aromatic heterocycles. The first-order valence-electron chi connectivity index (χ1n) is 6.26. The highest BCUT2D eigenvalue weighted by atomic mass is 79.9. The molecule has 0 unspecified atom stereocenters. The molecule has 1 rings (SSSR count). The number of benzene rings is 1. The van der Waals surface area contributed by atoms with Gasteiger partial charge in [0, 0.05) is 5.33 Å². The summed E-state index contributed by atoms with van der Waals surface area (Å²) >= 11 is 3.44. The monoisotopic (exact) mass is 311 g/mol. The zero-order chi connectivity index (χ0) is 13.6. The van der Waals surface area contributed by atoms with Crippen molar-refractivity contribution in [2.24, 2.45) is 5.16 Å². The smallest absolute Gasteiger partial charge is 0.106 e. The molecule has 1 aromatic carbocycles. The van der Waals surface area contributed by atoms with E-state index >= 15 is 0 Å². The summed E-state index contributed by atoms with van der Waals surface area (Å²) in [6, 6.07) is 8.61. The van der Waals surface area contributed by atoms with Crippen LogP contribution in [0.4, 0.5) is 0 Å². The van der Waals surface area contributed by atoms with Crippen LogP contribution in [0.15, 0.2) is 29.4 Å². The van der Waals surface area contributed by atoms with Gasteiger partial charge in [-0.25, -0.2) is 0 Å². The minimum atomic E-state index is 0.187. The second kappa shape index (κ2) is 6.93. The number of halogens is 1. The molecule has 0 saturated heterocycles. The number of hydrogen-bond acceptors (Lipinski definition) is 2. The molecular weight excluding hydrogens is 290 g/mol. The van der Waals surface area contributed by atoms with Crippen molar-refractivity contribution in [2.75, 3.05) is 12.4 Å². The lowest BCUT2D eigenvalue weighted by molar-refractivity contribution is 0.213. The maximum atomic E-state index is 4.93. The summed E-state index contributed by atoms with van der Waals surface area (Å²) in [5, 5.41) is 5.10. The third kappa shape index (κ3) is 4.45. The van der Waals surface area contributed by atoms with E-state index in [2.05, 4.69) is 66.1 Å². The van der Waals surface area contributed by atoms with Crippen LogP contribution in [0, 0.1) is 0 Å². The summed E-state index contributed by atoms with van der Waals surface area (Å²) in [5.74, 6) is 0. The van der Waals surface area contributed by atoms with Crippen molar-refractivity contribution in [3.63, 3.8) is 0 Å². The van der Waals surface area contributed by atoms with Gasteiger partial charge in [-0.1, -0.05) is 66.1 Å². The van der Waals surface area contributed by atoms with Gasteiger partial charge in [0.1, 0.15) is 7.11 Å². The Morgan fingerprint density at radius 2 is 1.83 bits per heavy atom. The molecule has 0 saturated carbocycles. The van der Waals surface area contributed by atoms with E-state index in [1.807, 2.05) is 0 Å². The number of rotatable bonds is 5. The fourth-order valence-corrected chi connectivity index (χ4v) is 2.03. The zero-order valence-electron chi connectivity index (χ0n) is 11.7. The lowest BCUT2D eigenvalue weighted by Crippen LogP contribution is -2.11. The van der Waals surface area contributed by atoms with Gasteiger partial charge in [0.05, 0.1) is 5.71 Å². The molecular formula is C15H22BrNO. The largest absolute Gasteiger partial charge is 0.399 e. The van der Waals surface area contributed by atoms with Crippen molar-refractivity contribution in [3.05, 3.63) is 35.4 Å². The van der Waals surface area contributed by atoms with Crippen molar-refractivity contribution in [2.45, 2.75) is 39.0 Å². The molecule has 0 radical (unpaired) electrons.